The first kappa shape index (κ1) is 16.3. The maximum absolute atomic E-state index is 13.1. The third kappa shape index (κ3) is 3.75. The lowest BCUT2D eigenvalue weighted by Gasteiger charge is -2.32. The molecule has 1 N–H and O–H groups in total. The Morgan fingerprint density at radius 1 is 1.29 bits per heavy atom. The summed E-state index contributed by atoms with van der Waals surface area (Å²) in [4.78, 5) is 19.6. The zero-order valence-corrected chi connectivity index (χ0v) is 15.0. The van der Waals surface area contributed by atoms with Gasteiger partial charge >= 0.3 is 6.03 Å². The topological polar surface area (TPSA) is 54.5 Å². The number of hydrogen-bond acceptors (Lipinski definition) is 4. The minimum atomic E-state index is 0.0875. The van der Waals surface area contributed by atoms with E-state index in [0.717, 1.165) is 43.8 Å². The molecule has 2 unspecified atom stereocenters. The van der Waals surface area contributed by atoms with Crippen LogP contribution in [0, 0.1) is 5.92 Å². The van der Waals surface area contributed by atoms with Crippen LogP contribution >= 0.6 is 11.3 Å². The van der Waals surface area contributed by atoms with Gasteiger partial charge in [-0.3, -0.25) is 0 Å². The second-order valence-electron chi connectivity index (χ2n) is 7.36. The second-order valence-corrected chi connectivity index (χ2v) is 8.29. The van der Waals surface area contributed by atoms with Crippen LogP contribution in [0.4, 0.5) is 4.79 Å². The lowest BCUT2D eigenvalue weighted by atomic mass is 10.1. The van der Waals surface area contributed by atoms with Gasteiger partial charge in [-0.05, 0) is 44.4 Å². The van der Waals surface area contributed by atoms with Crippen LogP contribution in [0.25, 0.3) is 0 Å². The predicted molar refractivity (Wildman–Crippen MR) is 94.0 cm³/mol. The molecule has 132 valence electrons. The molecule has 3 aliphatic rings. The third-order valence-electron chi connectivity index (χ3n) is 5.54. The monoisotopic (exact) mass is 349 g/mol. The molecule has 1 aromatic rings. The van der Waals surface area contributed by atoms with Gasteiger partial charge in [-0.25, -0.2) is 9.78 Å². The van der Waals surface area contributed by atoms with E-state index in [-0.39, 0.29) is 18.2 Å². The van der Waals surface area contributed by atoms with E-state index in [1.54, 1.807) is 11.3 Å². The van der Waals surface area contributed by atoms with Crippen LogP contribution < -0.4 is 5.32 Å². The second kappa shape index (κ2) is 7.40. The largest absolute Gasteiger partial charge is 0.376 e. The molecular weight excluding hydrogens is 322 g/mol. The zero-order chi connectivity index (χ0) is 16.4. The molecule has 5 nitrogen and oxygen atoms in total. The van der Waals surface area contributed by atoms with Crippen molar-refractivity contribution in [2.24, 2.45) is 5.92 Å². The quantitative estimate of drug-likeness (QED) is 0.851. The molecule has 2 aliphatic carbocycles. The summed E-state index contributed by atoms with van der Waals surface area (Å²) < 4.78 is 5.80. The molecule has 0 bridgehead atoms. The molecule has 1 aromatic heterocycles. The van der Waals surface area contributed by atoms with Crippen LogP contribution in [-0.2, 0) is 4.74 Å². The fourth-order valence-electron chi connectivity index (χ4n) is 4.04. The minimum Gasteiger partial charge on any atom is -0.376 e. The summed E-state index contributed by atoms with van der Waals surface area (Å²) >= 11 is 1.65. The van der Waals surface area contributed by atoms with Crippen molar-refractivity contribution in [1.82, 2.24) is 15.2 Å². The van der Waals surface area contributed by atoms with Crippen molar-refractivity contribution < 1.29 is 9.53 Å². The van der Waals surface area contributed by atoms with Crippen molar-refractivity contribution in [2.45, 2.75) is 69.6 Å². The summed E-state index contributed by atoms with van der Waals surface area (Å²) in [6.45, 7) is 1.58. The Morgan fingerprint density at radius 3 is 2.75 bits per heavy atom. The van der Waals surface area contributed by atoms with Crippen molar-refractivity contribution in [3.05, 3.63) is 16.6 Å². The highest BCUT2D eigenvalue weighted by Gasteiger charge is 2.37. The molecular formula is C18H27N3O2S. The normalized spacial score (nSPS) is 25.8. The molecule has 0 aromatic carbocycles. The standard InChI is InChI=1S/C18H27N3O2S/c22-18(20-16(13-7-8-13)17-19-9-11-24-17)21(14-4-1-2-5-14)12-15-6-3-10-23-15/h9,11,13-16H,1-8,10,12H2,(H,20,22). The number of aromatic nitrogens is 1. The van der Waals surface area contributed by atoms with Crippen molar-refractivity contribution >= 4 is 17.4 Å². The fraction of sp³-hybridized carbons (Fsp3) is 0.778. The van der Waals surface area contributed by atoms with Gasteiger partial charge in [-0.1, -0.05) is 12.8 Å². The van der Waals surface area contributed by atoms with E-state index >= 15 is 0 Å². The van der Waals surface area contributed by atoms with E-state index in [9.17, 15) is 4.79 Å². The average molecular weight is 350 g/mol. The molecule has 6 heteroatoms. The maximum atomic E-state index is 13.1. The van der Waals surface area contributed by atoms with E-state index in [1.807, 2.05) is 11.6 Å². The van der Waals surface area contributed by atoms with Crippen molar-refractivity contribution in [2.75, 3.05) is 13.2 Å². The molecule has 2 atom stereocenters. The van der Waals surface area contributed by atoms with Crippen LogP contribution in [-0.4, -0.2) is 41.2 Å². The first-order valence-electron chi connectivity index (χ1n) is 9.39. The van der Waals surface area contributed by atoms with E-state index in [4.69, 9.17) is 4.74 Å². The molecule has 4 rings (SSSR count). The summed E-state index contributed by atoms with van der Waals surface area (Å²) in [5, 5.41) is 6.36. The van der Waals surface area contributed by atoms with Crippen LogP contribution in [0.3, 0.4) is 0 Å². The zero-order valence-electron chi connectivity index (χ0n) is 14.2. The van der Waals surface area contributed by atoms with Crippen LogP contribution in [0.5, 0.6) is 0 Å². The summed E-state index contributed by atoms with van der Waals surface area (Å²) in [6.07, 6.45) is 11.4. The molecule has 0 spiro atoms. The number of ether oxygens (including phenoxy) is 1. The van der Waals surface area contributed by atoms with E-state index in [0.29, 0.717) is 12.0 Å². The Labute approximate surface area is 147 Å². The number of urea groups is 1. The number of amides is 2. The summed E-state index contributed by atoms with van der Waals surface area (Å²) in [7, 11) is 0. The van der Waals surface area contributed by atoms with Crippen molar-refractivity contribution in [3.63, 3.8) is 0 Å². The fourth-order valence-corrected chi connectivity index (χ4v) is 4.82. The summed E-state index contributed by atoms with van der Waals surface area (Å²) in [6, 6.07) is 0.556. The Morgan fingerprint density at radius 2 is 2.12 bits per heavy atom. The summed E-state index contributed by atoms with van der Waals surface area (Å²) in [5.41, 5.74) is 0. The number of rotatable bonds is 6. The number of hydrogen-bond donors (Lipinski definition) is 1. The van der Waals surface area contributed by atoms with E-state index in [1.165, 1.54) is 25.7 Å². The van der Waals surface area contributed by atoms with Crippen LogP contribution in [0.1, 0.15) is 62.4 Å². The van der Waals surface area contributed by atoms with E-state index in [2.05, 4.69) is 15.2 Å². The van der Waals surface area contributed by atoms with Gasteiger partial charge in [0, 0.05) is 30.8 Å². The van der Waals surface area contributed by atoms with Gasteiger partial charge in [-0.15, -0.1) is 11.3 Å². The van der Waals surface area contributed by atoms with Gasteiger partial charge in [0.25, 0.3) is 0 Å². The smallest absolute Gasteiger partial charge is 0.318 e. The van der Waals surface area contributed by atoms with Crippen LogP contribution in [0.2, 0.25) is 0 Å². The predicted octanol–water partition coefficient (Wildman–Crippen LogP) is 3.73. The molecule has 1 aliphatic heterocycles. The molecule has 0 radical (unpaired) electrons. The number of nitrogens with zero attached hydrogens (tertiary/aromatic N) is 2. The minimum absolute atomic E-state index is 0.0875. The van der Waals surface area contributed by atoms with Gasteiger partial charge in [0.1, 0.15) is 5.01 Å². The molecule has 3 fully saturated rings. The SMILES string of the molecule is O=C(NC(c1nccs1)C1CC1)N(CC1CCCO1)C1CCCC1. The first-order valence-corrected chi connectivity index (χ1v) is 10.3. The number of nitrogens with one attached hydrogen (secondary N) is 1. The lowest BCUT2D eigenvalue weighted by Crippen LogP contribution is -2.49. The molecule has 2 heterocycles. The molecule has 2 saturated carbocycles. The lowest BCUT2D eigenvalue weighted by molar-refractivity contribution is 0.0690. The van der Waals surface area contributed by atoms with Gasteiger partial charge in [0.2, 0.25) is 0 Å². The average Bonchev–Trinajstić information content (AvgIpc) is 3.08. The Kier molecular flexibility index (Phi) is 5.03. The summed E-state index contributed by atoms with van der Waals surface area (Å²) in [5.74, 6) is 0.563. The Balaban J connectivity index is 1.45. The Bertz CT molecular complexity index is 534. The highest BCUT2D eigenvalue weighted by atomic mass is 32.1. The van der Waals surface area contributed by atoms with Gasteiger partial charge in [0.15, 0.2) is 0 Å². The van der Waals surface area contributed by atoms with Crippen molar-refractivity contribution in [3.8, 4) is 0 Å². The van der Waals surface area contributed by atoms with Crippen molar-refractivity contribution in [1.29, 1.82) is 0 Å². The van der Waals surface area contributed by atoms with Gasteiger partial charge in [0.05, 0.1) is 12.1 Å². The number of carbonyl (C=O) groups excluding carboxylic acids is 1. The molecule has 1 saturated heterocycles. The highest BCUT2D eigenvalue weighted by molar-refractivity contribution is 7.09. The van der Waals surface area contributed by atoms with Gasteiger partial charge < -0.3 is 15.0 Å². The number of carbonyl (C=O) groups is 1. The molecule has 24 heavy (non-hydrogen) atoms. The number of thiazole rings is 1. The maximum Gasteiger partial charge on any atom is 0.318 e. The van der Waals surface area contributed by atoms with Crippen LogP contribution in [0.15, 0.2) is 11.6 Å². The first-order chi connectivity index (χ1) is 11.8. The van der Waals surface area contributed by atoms with E-state index < -0.39 is 0 Å². The molecule has 2 amide bonds. The van der Waals surface area contributed by atoms with Gasteiger partial charge in [-0.2, -0.15) is 0 Å². The third-order valence-corrected chi connectivity index (χ3v) is 6.40. The highest BCUT2D eigenvalue weighted by Crippen LogP contribution is 2.41. The Hall–Kier alpha value is -1.14.